The van der Waals surface area contributed by atoms with E-state index in [2.05, 4.69) is 12.2 Å². The maximum Gasteiger partial charge on any atom is 0.220 e. The summed E-state index contributed by atoms with van der Waals surface area (Å²) < 4.78 is 5.28. The number of aromatic hydroxyl groups is 1. The first kappa shape index (κ1) is 18.2. The number of methoxy groups -OCH3 is 1. The van der Waals surface area contributed by atoms with Crippen molar-refractivity contribution in [1.82, 2.24) is 5.32 Å². The third-order valence-corrected chi connectivity index (χ3v) is 4.88. The summed E-state index contributed by atoms with van der Waals surface area (Å²) in [6.45, 7) is 2.52. The summed E-state index contributed by atoms with van der Waals surface area (Å²) in [4.78, 5) is 12.9. The molecule has 2 N–H and O–H groups in total. The number of phenols is 1. The number of hydrogen-bond acceptors (Lipinski definition) is 4. The molecular weight excluding hydrogens is 322 g/mol. The lowest BCUT2D eigenvalue weighted by Crippen LogP contribution is -2.23. The van der Waals surface area contributed by atoms with Crippen molar-refractivity contribution in [2.24, 2.45) is 0 Å². The first-order valence-electron chi connectivity index (χ1n) is 7.93. The lowest BCUT2D eigenvalue weighted by molar-refractivity contribution is -0.121. The molecule has 0 aromatic heterocycles. The highest BCUT2D eigenvalue weighted by atomic mass is 32.2. The predicted octanol–water partition coefficient (Wildman–Crippen LogP) is 3.98. The summed E-state index contributed by atoms with van der Waals surface area (Å²) >= 11 is 1.58. The van der Waals surface area contributed by atoms with Crippen molar-refractivity contribution in [3.8, 4) is 11.5 Å². The highest BCUT2D eigenvalue weighted by Crippen LogP contribution is 2.32. The van der Waals surface area contributed by atoms with Crippen molar-refractivity contribution >= 4 is 17.7 Å². The summed E-state index contributed by atoms with van der Waals surface area (Å²) in [7, 11) is 1.62. The molecule has 2 aromatic carbocycles. The van der Waals surface area contributed by atoms with Gasteiger partial charge in [0.15, 0.2) is 0 Å². The molecular formula is C19H23NO3S. The number of phenolic OH excluding ortho intramolecular Hbond substituents is 1. The fourth-order valence-electron chi connectivity index (χ4n) is 2.30. The Balaban J connectivity index is 1.75. The molecule has 4 nitrogen and oxygen atoms in total. The first-order valence-corrected chi connectivity index (χ1v) is 8.81. The number of ether oxygens (including phenoxy) is 1. The Kier molecular flexibility index (Phi) is 7.00. The number of carbonyl (C=O) groups excluding carboxylic acids is 1. The van der Waals surface area contributed by atoms with Gasteiger partial charge >= 0.3 is 0 Å². The highest BCUT2D eigenvalue weighted by molar-refractivity contribution is 8.00. The van der Waals surface area contributed by atoms with Crippen LogP contribution in [0.5, 0.6) is 11.5 Å². The van der Waals surface area contributed by atoms with Gasteiger partial charge in [0.05, 0.1) is 7.11 Å². The molecule has 0 aliphatic heterocycles. The molecule has 0 aliphatic rings. The second-order valence-corrected chi connectivity index (χ2v) is 7.00. The molecule has 0 radical (unpaired) electrons. The molecule has 1 unspecified atom stereocenters. The lowest BCUT2D eigenvalue weighted by Gasteiger charge is -2.13. The molecule has 0 heterocycles. The Labute approximate surface area is 147 Å². The molecule has 128 valence electrons. The van der Waals surface area contributed by atoms with E-state index in [1.165, 1.54) is 0 Å². The van der Waals surface area contributed by atoms with Gasteiger partial charge in [-0.05, 0) is 24.6 Å². The van der Waals surface area contributed by atoms with Crippen LogP contribution in [0.25, 0.3) is 0 Å². The van der Waals surface area contributed by atoms with E-state index in [4.69, 9.17) is 4.74 Å². The van der Waals surface area contributed by atoms with Crippen LogP contribution >= 0.6 is 11.8 Å². The zero-order valence-electron chi connectivity index (χ0n) is 14.0. The topological polar surface area (TPSA) is 58.6 Å². The normalized spacial score (nSPS) is 11.8. The quantitative estimate of drug-likeness (QED) is 0.711. The Bertz CT molecular complexity index is 675. The minimum absolute atomic E-state index is 0.0191. The van der Waals surface area contributed by atoms with Gasteiger partial charge in [0.25, 0.3) is 0 Å². The Hall–Kier alpha value is -2.14. The number of thioether (sulfide) groups is 1. The standard InChI is InChI=1S/C19H23NO3S/c1-14(24-18-10-6-4-8-16(18)21)11-12-19(22)20-13-15-7-3-5-9-17(15)23-2/h3-10,14,21H,11-13H2,1-2H3,(H,20,22). The number of rotatable bonds is 8. The molecule has 0 fully saturated rings. The van der Waals surface area contributed by atoms with Crippen molar-refractivity contribution in [3.63, 3.8) is 0 Å². The van der Waals surface area contributed by atoms with Gasteiger partial charge in [-0.2, -0.15) is 0 Å². The fourth-order valence-corrected chi connectivity index (χ4v) is 3.31. The largest absolute Gasteiger partial charge is 0.507 e. The summed E-state index contributed by atoms with van der Waals surface area (Å²) in [6, 6.07) is 14.9. The van der Waals surface area contributed by atoms with Crippen LogP contribution in [-0.4, -0.2) is 23.4 Å². The SMILES string of the molecule is COc1ccccc1CNC(=O)CCC(C)Sc1ccccc1O. The van der Waals surface area contributed by atoms with Gasteiger partial charge in [-0.25, -0.2) is 0 Å². The van der Waals surface area contributed by atoms with Gasteiger partial charge in [0.1, 0.15) is 11.5 Å². The minimum Gasteiger partial charge on any atom is -0.507 e. The average Bonchev–Trinajstić information content (AvgIpc) is 2.60. The monoisotopic (exact) mass is 345 g/mol. The van der Waals surface area contributed by atoms with Crippen LogP contribution in [0.3, 0.4) is 0 Å². The van der Waals surface area contributed by atoms with Crippen LogP contribution in [-0.2, 0) is 11.3 Å². The van der Waals surface area contributed by atoms with Crippen molar-refractivity contribution < 1.29 is 14.6 Å². The van der Waals surface area contributed by atoms with Gasteiger partial charge in [-0.3, -0.25) is 4.79 Å². The molecule has 0 saturated heterocycles. The van der Waals surface area contributed by atoms with Gasteiger partial charge in [0.2, 0.25) is 5.91 Å². The Morgan fingerprint density at radius 2 is 1.92 bits per heavy atom. The summed E-state index contributed by atoms with van der Waals surface area (Å²) in [5, 5.41) is 13.0. The number of para-hydroxylation sites is 2. The zero-order chi connectivity index (χ0) is 17.4. The Morgan fingerprint density at radius 3 is 2.67 bits per heavy atom. The van der Waals surface area contributed by atoms with Crippen LogP contribution in [0.4, 0.5) is 0 Å². The molecule has 5 heteroatoms. The van der Waals surface area contributed by atoms with Crippen LogP contribution in [0.15, 0.2) is 53.4 Å². The van der Waals surface area contributed by atoms with E-state index in [0.717, 1.165) is 22.6 Å². The summed E-state index contributed by atoms with van der Waals surface area (Å²) in [6.07, 6.45) is 1.20. The van der Waals surface area contributed by atoms with Crippen molar-refractivity contribution in [3.05, 3.63) is 54.1 Å². The molecule has 2 aromatic rings. The van der Waals surface area contributed by atoms with Gasteiger partial charge in [-0.15, -0.1) is 11.8 Å². The molecule has 1 atom stereocenters. The van der Waals surface area contributed by atoms with Crippen molar-refractivity contribution in [2.75, 3.05) is 7.11 Å². The van der Waals surface area contributed by atoms with E-state index in [1.807, 2.05) is 36.4 Å². The third kappa shape index (κ3) is 5.49. The highest BCUT2D eigenvalue weighted by Gasteiger charge is 2.11. The molecule has 0 aliphatic carbocycles. The van der Waals surface area contributed by atoms with Crippen molar-refractivity contribution in [1.29, 1.82) is 0 Å². The molecule has 24 heavy (non-hydrogen) atoms. The smallest absolute Gasteiger partial charge is 0.220 e. The third-order valence-electron chi connectivity index (χ3n) is 3.64. The van der Waals surface area contributed by atoms with E-state index in [1.54, 1.807) is 31.0 Å². The maximum atomic E-state index is 12.0. The maximum absolute atomic E-state index is 12.0. The molecule has 2 rings (SSSR count). The van der Waals surface area contributed by atoms with E-state index < -0.39 is 0 Å². The first-order chi connectivity index (χ1) is 11.6. The molecule has 0 saturated carbocycles. The second-order valence-electron chi connectivity index (χ2n) is 5.52. The van der Waals surface area contributed by atoms with E-state index in [0.29, 0.717) is 13.0 Å². The number of amides is 1. The lowest BCUT2D eigenvalue weighted by atomic mass is 10.2. The van der Waals surface area contributed by atoms with Gasteiger partial charge in [-0.1, -0.05) is 37.3 Å². The van der Waals surface area contributed by atoms with Crippen LogP contribution in [0.2, 0.25) is 0 Å². The van der Waals surface area contributed by atoms with E-state index in [-0.39, 0.29) is 16.9 Å². The van der Waals surface area contributed by atoms with Crippen molar-refractivity contribution in [2.45, 2.75) is 36.5 Å². The number of nitrogens with one attached hydrogen (secondary N) is 1. The summed E-state index contributed by atoms with van der Waals surface area (Å²) in [5.74, 6) is 1.09. The van der Waals surface area contributed by atoms with Crippen LogP contribution in [0, 0.1) is 0 Å². The number of carbonyl (C=O) groups is 1. The Morgan fingerprint density at radius 1 is 1.21 bits per heavy atom. The predicted molar refractivity (Wildman–Crippen MR) is 97.5 cm³/mol. The minimum atomic E-state index is 0.0191. The second kappa shape index (κ2) is 9.23. The number of benzene rings is 2. The number of hydrogen-bond donors (Lipinski definition) is 2. The molecule has 1 amide bonds. The summed E-state index contributed by atoms with van der Waals surface area (Å²) in [5.41, 5.74) is 0.963. The average molecular weight is 345 g/mol. The van der Waals surface area contributed by atoms with Crippen LogP contribution in [0.1, 0.15) is 25.3 Å². The molecule has 0 bridgehead atoms. The zero-order valence-corrected chi connectivity index (χ0v) is 14.8. The van der Waals surface area contributed by atoms with E-state index >= 15 is 0 Å². The van der Waals surface area contributed by atoms with Gasteiger partial charge < -0.3 is 15.2 Å². The fraction of sp³-hybridized carbons (Fsp3) is 0.316. The van der Waals surface area contributed by atoms with E-state index in [9.17, 15) is 9.90 Å². The van der Waals surface area contributed by atoms with Gasteiger partial charge in [0, 0.05) is 28.7 Å². The van der Waals surface area contributed by atoms with Crippen LogP contribution < -0.4 is 10.1 Å². The molecule has 0 spiro atoms.